The van der Waals surface area contributed by atoms with Gasteiger partial charge in [-0.25, -0.2) is 0 Å². The van der Waals surface area contributed by atoms with Gasteiger partial charge >= 0.3 is 31.1 Å². The molecule has 0 radical (unpaired) electrons. The van der Waals surface area contributed by atoms with Crippen molar-refractivity contribution in [2.45, 2.75) is 20.8 Å². The first kappa shape index (κ1) is 11.3. The van der Waals surface area contributed by atoms with E-state index in [4.69, 9.17) is 0 Å². The fourth-order valence-electron chi connectivity index (χ4n) is 0.289. The molecule has 0 amide bonds. The van der Waals surface area contributed by atoms with E-state index >= 15 is 0 Å². The second-order valence-corrected chi connectivity index (χ2v) is 1.37. The van der Waals surface area contributed by atoms with E-state index in [1.54, 1.807) is 0 Å². The summed E-state index contributed by atoms with van der Waals surface area (Å²) >= 11 is 0. The summed E-state index contributed by atoms with van der Waals surface area (Å²) in [7, 11) is 0. The van der Waals surface area contributed by atoms with E-state index in [2.05, 4.69) is 12.2 Å². The van der Waals surface area contributed by atoms with E-state index < -0.39 is 0 Å². The fourth-order valence-corrected chi connectivity index (χ4v) is 0.289. The van der Waals surface area contributed by atoms with Gasteiger partial charge in [-0.3, -0.25) is 0 Å². The first-order valence-electron chi connectivity index (χ1n) is 2.33. The Morgan fingerprint density at radius 2 is 1.88 bits per heavy atom. The Morgan fingerprint density at radius 3 is 2.00 bits per heavy atom. The molecule has 0 spiro atoms. The molecule has 0 bridgehead atoms. The molecule has 0 aromatic heterocycles. The topological polar surface area (TPSA) is 0 Å². The van der Waals surface area contributed by atoms with Gasteiger partial charge < -0.3 is 23.8 Å². The molecule has 0 atom stereocenters. The molecule has 0 heterocycles. The predicted molar refractivity (Wildman–Crippen MR) is 31.6 cm³/mol. The molecule has 0 aliphatic carbocycles. The molecule has 8 heavy (non-hydrogen) atoms. The van der Waals surface area contributed by atoms with E-state index in [0.29, 0.717) is 0 Å². The van der Waals surface area contributed by atoms with E-state index in [0.717, 1.165) is 5.57 Å². The van der Waals surface area contributed by atoms with Gasteiger partial charge in [-0.2, -0.15) is 0 Å². The zero-order valence-electron chi connectivity index (χ0n) is 5.58. The summed E-state index contributed by atoms with van der Waals surface area (Å²) in [5.41, 5.74) is 1.14. The van der Waals surface area contributed by atoms with Gasteiger partial charge in [-0.15, -0.1) is 20.8 Å². The van der Waals surface area contributed by atoms with Crippen molar-refractivity contribution >= 4 is 0 Å². The fraction of sp³-hybridized carbons (Fsp3) is 0.429. The Hall–Kier alpha value is 0.532. The Kier molecular flexibility index (Phi) is 10.7. The Labute approximate surface area is 75.4 Å². The largest absolute Gasteiger partial charge is 2.00 e. The van der Waals surface area contributed by atoms with Crippen molar-refractivity contribution in [3.63, 3.8) is 0 Å². The van der Waals surface area contributed by atoms with Gasteiger partial charge in [0, 0.05) is 0 Å². The Morgan fingerprint density at radius 1 is 1.38 bits per heavy atom. The van der Waals surface area contributed by atoms with Crippen LogP contribution in [0.2, 0.25) is 0 Å². The molecule has 0 fully saturated rings. The average molecular weight is 332 g/mol. The molecule has 0 aromatic carbocycles. The summed E-state index contributed by atoms with van der Waals surface area (Å²) in [6.07, 6.45) is 7.76. The van der Waals surface area contributed by atoms with Crippen molar-refractivity contribution in [2.24, 2.45) is 0 Å². The maximum atomic E-state index is 2.96. The second-order valence-electron chi connectivity index (χ2n) is 1.37. The van der Waals surface area contributed by atoms with Crippen molar-refractivity contribution in [1.29, 1.82) is 0 Å². The van der Waals surface area contributed by atoms with Crippen LogP contribution in [-0.2, 0) is 0 Å². The minimum absolute atomic E-state index is 0. The summed E-state index contributed by atoms with van der Waals surface area (Å²) in [4.78, 5) is 0. The summed E-state index contributed by atoms with van der Waals surface area (Å²) in [6, 6.07) is 0. The zero-order valence-corrected chi connectivity index (χ0v) is 9.74. The molecule has 0 aliphatic heterocycles. The number of hydrogen-bond acceptors (Lipinski definition) is 0. The van der Waals surface area contributed by atoms with Crippen LogP contribution in [-0.4, -0.2) is 0 Å². The summed E-state index contributed by atoms with van der Waals surface area (Å²) in [5, 5.41) is 0. The van der Waals surface area contributed by atoms with Gasteiger partial charge in [0.05, 0.1) is 0 Å². The quantitative estimate of drug-likeness (QED) is 0.510. The predicted octanol–water partition coefficient (Wildman–Crippen LogP) is 2.14. The van der Waals surface area contributed by atoms with Crippen molar-refractivity contribution < 1.29 is 31.1 Å². The third kappa shape index (κ3) is 6.53. The third-order valence-corrected chi connectivity index (χ3v) is 0.755. The zero-order chi connectivity index (χ0) is 5.70. The van der Waals surface area contributed by atoms with Crippen LogP contribution in [0.4, 0.5) is 0 Å². The van der Waals surface area contributed by atoms with Crippen LogP contribution >= 0.6 is 0 Å². The van der Waals surface area contributed by atoms with E-state index in [9.17, 15) is 0 Å². The van der Waals surface area contributed by atoms with Crippen molar-refractivity contribution in [2.75, 3.05) is 0 Å². The molecular weight excluding hydrogens is 322 g/mol. The van der Waals surface area contributed by atoms with Crippen LogP contribution < -0.4 is 0 Å². The van der Waals surface area contributed by atoms with Gasteiger partial charge in [-0.05, 0) is 0 Å². The van der Waals surface area contributed by atoms with Crippen LogP contribution in [0.3, 0.4) is 0 Å². The molecule has 0 aliphatic rings. The second kappa shape index (κ2) is 7.53. The van der Waals surface area contributed by atoms with Crippen LogP contribution in [0.1, 0.15) is 20.8 Å². The van der Waals surface area contributed by atoms with Crippen LogP contribution in [0.15, 0.2) is 11.6 Å². The minimum Gasteiger partial charge on any atom is -0.388 e. The summed E-state index contributed by atoms with van der Waals surface area (Å²) in [6.45, 7) is 5.76. The number of rotatable bonds is 1. The molecular formula is C7H10U. The van der Waals surface area contributed by atoms with Gasteiger partial charge in [0.1, 0.15) is 0 Å². The van der Waals surface area contributed by atoms with Crippen LogP contribution in [0, 0.1) is 43.3 Å². The van der Waals surface area contributed by atoms with E-state index in [1.807, 2.05) is 26.8 Å². The molecule has 0 unspecified atom stereocenters. The first-order chi connectivity index (χ1) is 3.31. The Balaban J connectivity index is 0. The maximum absolute atomic E-state index is 2.96. The van der Waals surface area contributed by atoms with Gasteiger partial charge in [0.2, 0.25) is 0 Å². The third-order valence-electron chi connectivity index (χ3n) is 0.755. The van der Waals surface area contributed by atoms with Crippen molar-refractivity contribution in [3.05, 3.63) is 23.8 Å². The molecule has 0 saturated carbocycles. The maximum Gasteiger partial charge on any atom is 2.00 e. The van der Waals surface area contributed by atoms with E-state index in [1.165, 1.54) is 0 Å². The smallest absolute Gasteiger partial charge is 0.388 e. The minimum atomic E-state index is 0. The summed E-state index contributed by atoms with van der Waals surface area (Å²) < 4.78 is 0. The standard InChI is InChI=1S/C7H10.U/c1-4-6-7(3)5-2;/h6H,1-3H3;/q-2;+2. The molecule has 0 saturated heterocycles. The van der Waals surface area contributed by atoms with Gasteiger partial charge in [0.25, 0.3) is 0 Å². The van der Waals surface area contributed by atoms with Gasteiger partial charge in [-0.1, -0.05) is 0 Å². The molecule has 0 nitrogen and oxygen atoms in total. The van der Waals surface area contributed by atoms with Gasteiger partial charge in [0.15, 0.2) is 0 Å². The SMILES string of the molecule is C[C-]=CC(C)=[C-]C.[U+2]. The monoisotopic (exact) mass is 332 g/mol. The van der Waals surface area contributed by atoms with Crippen molar-refractivity contribution in [1.82, 2.24) is 0 Å². The normalized spacial score (nSPS) is 11.6. The van der Waals surface area contributed by atoms with Crippen LogP contribution in [0.5, 0.6) is 0 Å². The summed E-state index contributed by atoms with van der Waals surface area (Å²) in [5.74, 6) is 0. The van der Waals surface area contributed by atoms with Crippen LogP contribution in [0.25, 0.3) is 0 Å². The molecule has 0 aromatic rings. The Bertz CT molecular complexity index is 90.6. The number of hydrogen-bond donors (Lipinski definition) is 0. The molecule has 1 heteroatoms. The molecule has 0 rings (SSSR count). The van der Waals surface area contributed by atoms with E-state index in [-0.39, 0.29) is 31.1 Å². The molecule has 0 N–H and O–H groups in total. The van der Waals surface area contributed by atoms with Crippen molar-refractivity contribution in [3.8, 4) is 0 Å². The number of allylic oxidation sites excluding steroid dienone is 4. The average Bonchev–Trinajstić information content (AvgIpc) is 1.68. The first-order valence-corrected chi connectivity index (χ1v) is 2.33. The molecule has 42 valence electrons.